The van der Waals surface area contributed by atoms with Crippen molar-refractivity contribution in [2.75, 3.05) is 16.2 Å². The third-order valence-electron chi connectivity index (χ3n) is 5.75. The molecule has 0 aromatic heterocycles. The van der Waals surface area contributed by atoms with E-state index in [2.05, 4.69) is 17.7 Å². The number of carbonyl (C=O) groups is 1. The van der Waals surface area contributed by atoms with Crippen LogP contribution in [0, 0.1) is 17.2 Å². The van der Waals surface area contributed by atoms with Crippen LogP contribution >= 0.6 is 0 Å². The smallest absolute Gasteiger partial charge is 0.261 e. The van der Waals surface area contributed by atoms with Crippen LogP contribution in [0.25, 0.3) is 0 Å². The van der Waals surface area contributed by atoms with E-state index in [4.69, 9.17) is 5.26 Å². The molecule has 1 atom stereocenters. The second kappa shape index (κ2) is 9.47. The molecule has 7 heteroatoms. The topological polar surface area (TPSA) is 90.3 Å². The Kier molecular flexibility index (Phi) is 6.47. The molecule has 1 aliphatic heterocycles. The van der Waals surface area contributed by atoms with Crippen molar-refractivity contribution < 1.29 is 13.2 Å². The lowest BCUT2D eigenvalue weighted by molar-refractivity contribution is -0.118. The molecule has 0 radical (unpaired) electrons. The van der Waals surface area contributed by atoms with Crippen LogP contribution in [0.4, 0.5) is 11.4 Å². The summed E-state index contributed by atoms with van der Waals surface area (Å²) >= 11 is 0. The van der Waals surface area contributed by atoms with Crippen molar-refractivity contribution in [3.8, 4) is 6.07 Å². The summed E-state index contributed by atoms with van der Waals surface area (Å²) in [6, 6.07) is 23.0. The summed E-state index contributed by atoms with van der Waals surface area (Å²) in [5, 5.41) is 8.93. The monoisotopic (exact) mass is 459 g/mol. The molecule has 0 bridgehead atoms. The van der Waals surface area contributed by atoms with Crippen LogP contribution in [0.3, 0.4) is 0 Å². The minimum Gasteiger partial charge on any atom is -0.312 e. The van der Waals surface area contributed by atoms with Crippen LogP contribution in [0.1, 0.15) is 30.0 Å². The molecule has 0 spiro atoms. The number of fused-ring (bicyclic) bond motifs is 1. The predicted octanol–water partition coefficient (Wildman–Crippen LogP) is 4.52. The number of sulfonamides is 1. The number of amides is 1. The van der Waals surface area contributed by atoms with Crippen molar-refractivity contribution in [1.82, 2.24) is 0 Å². The normalized spacial score (nSPS) is 15.4. The molecule has 3 aromatic carbocycles. The number of aryl methyl sites for hydroxylation is 1. The first-order valence-corrected chi connectivity index (χ1v) is 12.3. The third-order valence-corrected chi connectivity index (χ3v) is 7.15. The maximum absolute atomic E-state index is 13.1. The number of rotatable bonds is 6. The fourth-order valence-electron chi connectivity index (χ4n) is 4.11. The van der Waals surface area contributed by atoms with Gasteiger partial charge in [-0.05, 0) is 72.4 Å². The van der Waals surface area contributed by atoms with Crippen LogP contribution in [-0.4, -0.2) is 20.9 Å². The first-order chi connectivity index (χ1) is 15.9. The molecule has 33 heavy (non-hydrogen) atoms. The molecule has 0 fully saturated rings. The predicted molar refractivity (Wildman–Crippen MR) is 128 cm³/mol. The summed E-state index contributed by atoms with van der Waals surface area (Å²) in [5.74, 6) is 0.294. The lowest BCUT2D eigenvalue weighted by Crippen LogP contribution is -2.39. The molecule has 168 valence electrons. The average molecular weight is 460 g/mol. The van der Waals surface area contributed by atoms with E-state index >= 15 is 0 Å². The third kappa shape index (κ3) is 5.24. The Hall–Kier alpha value is -3.63. The van der Waals surface area contributed by atoms with Crippen LogP contribution in [-0.2, 0) is 27.7 Å². The standard InChI is InChI=1S/C26H25N3O3S/c1-19-15-22-16-23(28-33(31,32)24-5-3-2-4-6-24)12-13-25(22)29(18-19)26(30)14-11-20-7-9-21(17-27)10-8-20/h2-10,12-13,16,19,28H,11,14-15,18H2,1H3. The number of hydrogen-bond acceptors (Lipinski definition) is 4. The largest absolute Gasteiger partial charge is 0.312 e. The molecular formula is C26H25N3O3S. The summed E-state index contributed by atoms with van der Waals surface area (Å²) in [6.07, 6.45) is 1.73. The van der Waals surface area contributed by atoms with E-state index in [0.717, 1.165) is 23.2 Å². The summed E-state index contributed by atoms with van der Waals surface area (Å²) in [5.41, 5.74) is 3.88. The molecule has 0 saturated heterocycles. The van der Waals surface area contributed by atoms with E-state index in [1.807, 2.05) is 29.2 Å². The van der Waals surface area contributed by atoms with Crippen molar-refractivity contribution in [3.05, 3.63) is 89.5 Å². The van der Waals surface area contributed by atoms with Gasteiger partial charge in [0, 0.05) is 24.3 Å². The zero-order chi connectivity index (χ0) is 23.4. The quantitative estimate of drug-likeness (QED) is 0.587. The summed E-state index contributed by atoms with van der Waals surface area (Å²) in [7, 11) is -3.68. The number of benzene rings is 3. The molecule has 1 aliphatic rings. The van der Waals surface area contributed by atoms with Crippen molar-refractivity contribution in [1.29, 1.82) is 5.26 Å². The number of hydrogen-bond donors (Lipinski definition) is 1. The molecule has 0 aliphatic carbocycles. The van der Waals surface area contributed by atoms with E-state index in [1.54, 1.807) is 48.5 Å². The van der Waals surface area contributed by atoms with Gasteiger partial charge < -0.3 is 4.90 Å². The maximum Gasteiger partial charge on any atom is 0.261 e. The average Bonchev–Trinajstić information content (AvgIpc) is 2.82. The Labute approximate surface area is 194 Å². The minimum absolute atomic E-state index is 0.0322. The van der Waals surface area contributed by atoms with E-state index in [1.165, 1.54) is 0 Å². The number of nitrogens with zero attached hydrogens (tertiary/aromatic N) is 2. The lowest BCUT2D eigenvalue weighted by Gasteiger charge is -2.33. The summed E-state index contributed by atoms with van der Waals surface area (Å²) < 4.78 is 28.0. The Morgan fingerprint density at radius 1 is 1.09 bits per heavy atom. The zero-order valence-corrected chi connectivity index (χ0v) is 19.2. The molecule has 1 unspecified atom stereocenters. The van der Waals surface area contributed by atoms with Gasteiger partial charge in [-0.25, -0.2) is 8.42 Å². The zero-order valence-electron chi connectivity index (χ0n) is 18.4. The highest BCUT2D eigenvalue weighted by Crippen LogP contribution is 2.33. The molecule has 6 nitrogen and oxygen atoms in total. The van der Waals surface area contributed by atoms with Crippen LogP contribution in [0.2, 0.25) is 0 Å². The first kappa shape index (κ1) is 22.6. The van der Waals surface area contributed by atoms with Gasteiger partial charge in [0.05, 0.1) is 16.5 Å². The van der Waals surface area contributed by atoms with Crippen LogP contribution in [0.5, 0.6) is 0 Å². The fraction of sp³-hybridized carbons (Fsp3) is 0.231. The fourth-order valence-corrected chi connectivity index (χ4v) is 5.18. The Balaban J connectivity index is 1.50. The van der Waals surface area contributed by atoms with Gasteiger partial charge in [-0.3, -0.25) is 9.52 Å². The molecule has 0 saturated carbocycles. The highest BCUT2D eigenvalue weighted by Gasteiger charge is 2.27. The van der Waals surface area contributed by atoms with Crippen molar-refractivity contribution in [2.45, 2.75) is 31.1 Å². The summed E-state index contributed by atoms with van der Waals surface area (Å²) in [6.45, 7) is 2.72. The van der Waals surface area contributed by atoms with Crippen molar-refractivity contribution >= 4 is 27.3 Å². The van der Waals surface area contributed by atoms with Gasteiger partial charge >= 0.3 is 0 Å². The van der Waals surface area contributed by atoms with E-state index in [-0.39, 0.29) is 16.7 Å². The molecule has 1 N–H and O–H groups in total. The maximum atomic E-state index is 13.1. The molecule has 3 aromatic rings. The van der Waals surface area contributed by atoms with Gasteiger partial charge in [-0.2, -0.15) is 5.26 Å². The molecular weight excluding hydrogens is 434 g/mol. The highest BCUT2D eigenvalue weighted by atomic mass is 32.2. The van der Waals surface area contributed by atoms with Crippen molar-refractivity contribution in [3.63, 3.8) is 0 Å². The van der Waals surface area contributed by atoms with E-state index < -0.39 is 10.0 Å². The van der Waals surface area contributed by atoms with Crippen LogP contribution in [0.15, 0.2) is 77.7 Å². The van der Waals surface area contributed by atoms with Gasteiger partial charge in [0.1, 0.15) is 0 Å². The SMILES string of the molecule is CC1Cc2cc(NS(=O)(=O)c3ccccc3)ccc2N(C(=O)CCc2ccc(C#N)cc2)C1. The van der Waals surface area contributed by atoms with Gasteiger partial charge in [0.2, 0.25) is 5.91 Å². The van der Waals surface area contributed by atoms with E-state index in [9.17, 15) is 13.2 Å². The summed E-state index contributed by atoms with van der Waals surface area (Å²) in [4.78, 5) is 15.1. The Morgan fingerprint density at radius 2 is 1.82 bits per heavy atom. The van der Waals surface area contributed by atoms with E-state index in [0.29, 0.717) is 30.6 Å². The number of carbonyl (C=O) groups excluding carboxylic acids is 1. The molecule has 1 amide bonds. The Bertz CT molecular complexity index is 1300. The number of anilines is 2. The molecule has 4 rings (SSSR count). The Morgan fingerprint density at radius 3 is 2.52 bits per heavy atom. The van der Waals surface area contributed by atoms with Gasteiger partial charge in [0.15, 0.2) is 0 Å². The number of nitriles is 1. The second-order valence-electron chi connectivity index (χ2n) is 8.38. The first-order valence-electron chi connectivity index (χ1n) is 10.9. The molecule has 1 heterocycles. The lowest BCUT2D eigenvalue weighted by atomic mass is 9.93. The van der Waals surface area contributed by atoms with Gasteiger partial charge in [0.25, 0.3) is 10.0 Å². The highest BCUT2D eigenvalue weighted by molar-refractivity contribution is 7.92. The van der Waals surface area contributed by atoms with Crippen LogP contribution < -0.4 is 9.62 Å². The minimum atomic E-state index is -3.68. The van der Waals surface area contributed by atoms with Gasteiger partial charge in [-0.15, -0.1) is 0 Å². The van der Waals surface area contributed by atoms with Gasteiger partial charge in [-0.1, -0.05) is 37.3 Å². The van der Waals surface area contributed by atoms with Crippen molar-refractivity contribution in [2.24, 2.45) is 5.92 Å². The second-order valence-corrected chi connectivity index (χ2v) is 10.1. The number of nitrogens with one attached hydrogen (secondary N) is 1.